The molecule has 0 bridgehead atoms. The van der Waals surface area contributed by atoms with Gasteiger partial charge in [0.25, 0.3) is 0 Å². The monoisotopic (exact) mass is 241 g/mol. The van der Waals surface area contributed by atoms with E-state index < -0.39 is 0 Å². The number of hydrogen-bond donors (Lipinski definition) is 1. The molecule has 2 aliphatic rings. The average molecular weight is 241 g/mol. The van der Waals surface area contributed by atoms with Gasteiger partial charge >= 0.3 is 0 Å². The summed E-state index contributed by atoms with van der Waals surface area (Å²) in [6.45, 7) is 4.78. The molecule has 0 amide bonds. The van der Waals surface area contributed by atoms with Crippen LogP contribution in [0.2, 0.25) is 0 Å². The summed E-state index contributed by atoms with van der Waals surface area (Å²) in [6.07, 6.45) is 8.59. The first-order valence-corrected chi connectivity index (χ1v) is 8.25. The lowest BCUT2D eigenvalue weighted by Crippen LogP contribution is -2.44. The van der Waals surface area contributed by atoms with Gasteiger partial charge in [-0.25, -0.2) is 0 Å². The Morgan fingerprint density at radius 2 is 1.88 bits per heavy atom. The lowest BCUT2D eigenvalue weighted by atomic mass is 9.79. The third kappa shape index (κ3) is 3.66. The Morgan fingerprint density at radius 3 is 2.56 bits per heavy atom. The zero-order chi connectivity index (χ0) is 11.4. The molecule has 0 radical (unpaired) electrons. The normalized spacial score (nSPS) is 36.6. The minimum absolute atomic E-state index is 0.815. The molecule has 1 heterocycles. The smallest absolute Gasteiger partial charge is 0.0161 e. The fraction of sp³-hybridized carbons (Fsp3) is 1.00. The predicted octanol–water partition coefficient (Wildman–Crippen LogP) is 3.69. The Kier molecular flexibility index (Phi) is 5.02. The Balaban J connectivity index is 1.75. The van der Waals surface area contributed by atoms with E-state index in [1.54, 1.807) is 0 Å². The van der Waals surface area contributed by atoms with Crippen LogP contribution in [0.25, 0.3) is 0 Å². The van der Waals surface area contributed by atoms with Gasteiger partial charge in [0.1, 0.15) is 0 Å². The second kappa shape index (κ2) is 6.30. The molecule has 94 valence electrons. The number of thioether (sulfide) groups is 1. The average Bonchev–Trinajstić information content (AvgIpc) is 2.30. The minimum atomic E-state index is 0.815. The number of rotatable bonds is 3. The van der Waals surface area contributed by atoms with E-state index in [0.29, 0.717) is 0 Å². The molecule has 0 spiro atoms. The van der Waals surface area contributed by atoms with E-state index in [9.17, 15) is 0 Å². The summed E-state index contributed by atoms with van der Waals surface area (Å²) in [4.78, 5) is 0. The van der Waals surface area contributed by atoms with E-state index in [4.69, 9.17) is 0 Å². The van der Waals surface area contributed by atoms with Gasteiger partial charge in [-0.15, -0.1) is 0 Å². The first-order valence-electron chi connectivity index (χ1n) is 7.09. The van der Waals surface area contributed by atoms with Crippen molar-refractivity contribution in [3.05, 3.63) is 0 Å². The Morgan fingerprint density at radius 1 is 1.06 bits per heavy atom. The fourth-order valence-electron chi connectivity index (χ4n) is 3.19. The first kappa shape index (κ1) is 12.8. The van der Waals surface area contributed by atoms with Crippen LogP contribution in [-0.4, -0.2) is 23.6 Å². The number of nitrogens with one attached hydrogen (secondary N) is 1. The quantitative estimate of drug-likeness (QED) is 0.809. The van der Waals surface area contributed by atoms with Gasteiger partial charge in [-0.05, 0) is 43.3 Å². The molecule has 16 heavy (non-hydrogen) atoms. The van der Waals surface area contributed by atoms with Crippen LogP contribution in [0.4, 0.5) is 0 Å². The summed E-state index contributed by atoms with van der Waals surface area (Å²) in [5, 5.41) is 3.92. The maximum atomic E-state index is 3.92. The second-order valence-electron chi connectivity index (χ2n) is 5.95. The third-order valence-electron chi connectivity index (χ3n) is 4.29. The molecule has 2 rings (SSSR count). The highest BCUT2D eigenvalue weighted by Gasteiger charge is 2.26. The van der Waals surface area contributed by atoms with E-state index in [1.807, 2.05) is 0 Å². The van der Waals surface area contributed by atoms with Crippen molar-refractivity contribution in [1.29, 1.82) is 0 Å². The summed E-state index contributed by atoms with van der Waals surface area (Å²) < 4.78 is 0. The van der Waals surface area contributed by atoms with E-state index in [-0.39, 0.29) is 0 Å². The van der Waals surface area contributed by atoms with Gasteiger partial charge in [-0.1, -0.05) is 26.7 Å². The molecule has 0 aromatic rings. The van der Waals surface area contributed by atoms with Crippen molar-refractivity contribution in [3.8, 4) is 0 Å². The van der Waals surface area contributed by atoms with Crippen molar-refractivity contribution < 1.29 is 0 Å². The summed E-state index contributed by atoms with van der Waals surface area (Å²) in [6, 6.07) is 1.64. The second-order valence-corrected chi connectivity index (χ2v) is 7.10. The first-order chi connectivity index (χ1) is 7.75. The van der Waals surface area contributed by atoms with Crippen LogP contribution < -0.4 is 5.32 Å². The van der Waals surface area contributed by atoms with E-state index in [2.05, 4.69) is 30.9 Å². The third-order valence-corrected chi connectivity index (χ3v) is 5.50. The van der Waals surface area contributed by atoms with Gasteiger partial charge in [-0.2, -0.15) is 11.8 Å². The molecule has 0 aromatic heterocycles. The maximum absolute atomic E-state index is 3.92. The van der Waals surface area contributed by atoms with Crippen LogP contribution in [0, 0.1) is 11.8 Å². The Bertz CT molecular complexity index is 199. The molecular formula is C14H27NS. The van der Waals surface area contributed by atoms with Crippen molar-refractivity contribution >= 4 is 11.8 Å². The highest BCUT2D eigenvalue weighted by molar-refractivity contribution is 7.99. The molecule has 1 aliphatic heterocycles. The minimum Gasteiger partial charge on any atom is -0.310 e. The van der Waals surface area contributed by atoms with Gasteiger partial charge < -0.3 is 5.32 Å². The van der Waals surface area contributed by atoms with Crippen LogP contribution in [-0.2, 0) is 0 Å². The van der Waals surface area contributed by atoms with Crippen molar-refractivity contribution in [2.45, 2.75) is 64.5 Å². The Hall–Kier alpha value is 0.310. The molecule has 0 aromatic carbocycles. The molecule has 3 unspecified atom stereocenters. The van der Waals surface area contributed by atoms with Crippen molar-refractivity contribution in [3.63, 3.8) is 0 Å². The summed E-state index contributed by atoms with van der Waals surface area (Å²) in [7, 11) is 0. The SMILES string of the molecule is CC(C)C1CCCC(NC2CCCSC2)C1. The van der Waals surface area contributed by atoms with Crippen LogP contribution in [0.1, 0.15) is 52.4 Å². The van der Waals surface area contributed by atoms with Crippen molar-refractivity contribution in [2.24, 2.45) is 11.8 Å². The van der Waals surface area contributed by atoms with Crippen LogP contribution in [0.3, 0.4) is 0 Å². The van der Waals surface area contributed by atoms with Crippen LogP contribution in [0.5, 0.6) is 0 Å². The van der Waals surface area contributed by atoms with Gasteiger partial charge in [0, 0.05) is 17.8 Å². The van der Waals surface area contributed by atoms with Crippen molar-refractivity contribution in [2.75, 3.05) is 11.5 Å². The molecule has 1 nitrogen and oxygen atoms in total. The molecule has 2 heteroatoms. The van der Waals surface area contributed by atoms with Gasteiger partial charge in [0.05, 0.1) is 0 Å². The summed E-state index contributed by atoms with van der Waals surface area (Å²) in [5.41, 5.74) is 0. The molecule has 3 atom stereocenters. The topological polar surface area (TPSA) is 12.0 Å². The molecule has 1 saturated carbocycles. The molecule has 1 saturated heterocycles. The van der Waals surface area contributed by atoms with E-state index in [1.165, 1.54) is 50.0 Å². The predicted molar refractivity (Wildman–Crippen MR) is 74.1 cm³/mol. The van der Waals surface area contributed by atoms with Gasteiger partial charge in [-0.3, -0.25) is 0 Å². The number of hydrogen-bond acceptors (Lipinski definition) is 2. The lowest BCUT2D eigenvalue weighted by Gasteiger charge is -2.35. The van der Waals surface area contributed by atoms with Gasteiger partial charge in [0.15, 0.2) is 0 Å². The molecular weight excluding hydrogens is 214 g/mol. The highest BCUT2D eigenvalue weighted by Crippen LogP contribution is 2.30. The highest BCUT2D eigenvalue weighted by atomic mass is 32.2. The standard InChI is InChI=1S/C14H27NS/c1-11(2)12-5-3-6-13(9-12)15-14-7-4-8-16-10-14/h11-15H,3-10H2,1-2H3. The molecule has 2 fully saturated rings. The van der Waals surface area contributed by atoms with E-state index in [0.717, 1.165) is 23.9 Å². The largest absolute Gasteiger partial charge is 0.310 e. The zero-order valence-corrected chi connectivity index (χ0v) is 11.7. The maximum Gasteiger partial charge on any atom is 0.0161 e. The summed E-state index contributed by atoms with van der Waals surface area (Å²) >= 11 is 2.14. The molecule has 1 N–H and O–H groups in total. The zero-order valence-electron chi connectivity index (χ0n) is 10.9. The fourth-order valence-corrected chi connectivity index (χ4v) is 4.27. The van der Waals surface area contributed by atoms with Crippen molar-refractivity contribution in [1.82, 2.24) is 5.32 Å². The summed E-state index contributed by atoms with van der Waals surface area (Å²) in [5.74, 6) is 4.59. The van der Waals surface area contributed by atoms with Gasteiger partial charge in [0.2, 0.25) is 0 Å². The Labute approximate surface area is 105 Å². The van der Waals surface area contributed by atoms with Crippen LogP contribution >= 0.6 is 11.8 Å². The molecule has 1 aliphatic carbocycles. The lowest BCUT2D eigenvalue weighted by molar-refractivity contribution is 0.220. The van der Waals surface area contributed by atoms with Crippen LogP contribution in [0.15, 0.2) is 0 Å². The van der Waals surface area contributed by atoms with E-state index >= 15 is 0 Å².